The Balaban J connectivity index is 1.47. The van der Waals surface area contributed by atoms with Gasteiger partial charge in [-0.25, -0.2) is 5.01 Å². The van der Waals surface area contributed by atoms with Crippen LogP contribution in [0.5, 0.6) is 0 Å². The predicted octanol–water partition coefficient (Wildman–Crippen LogP) is 3.14. The fourth-order valence-electron chi connectivity index (χ4n) is 4.80. The lowest BCUT2D eigenvalue weighted by atomic mass is 9.77. The van der Waals surface area contributed by atoms with Crippen LogP contribution in [0.2, 0.25) is 0 Å². The lowest BCUT2D eigenvalue weighted by Gasteiger charge is -2.26. The quantitative estimate of drug-likeness (QED) is 0.802. The van der Waals surface area contributed by atoms with Crippen LogP contribution >= 0.6 is 0 Å². The Morgan fingerprint density at radius 1 is 1.22 bits per heavy atom. The summed E-state index contributed by atoms with van der Waals surface area (Å²) in [6.07, 6.45) is 5.03. The van der Waals surface area contributed by atoms with Gasteiger partial charge in [-0.15, -0.1) is 0 Å². The summed E-state index contributed by atoms with van der Waals surface area (Å²) in [7, 11) is 0. The molecular weight excluding hydrogens is 288 g/mol. The molecule has 2 fully saturated rings. The van der Waals surface area contributed by atoms with Crippen molar-refractivity contribution in [3.63, 3.8) is 0 Å². The van der Waals surface area contributed by atoms with Crippen molar-refractivity contribution in [1.82, 2.24) is 5.01 Å². The van der Waals surface area contributed by atoms with Gasteiger partial charge in [-0.3, -0.25) is 9.59 Å². The van der Waals surface area contributed by atoms with Gasteiger partial charge in [0.25, 0.3) is 5.91 Å². The highest BCUT2D eigenvalue weighted by Crippen LogP contribution is 2.52. The second-order valence-corrected chi connectivity index (χ2v) is 7.24. The summed E-state index contributed by atoms with van der Waals surface area (Å²) < 4.78 is 0. The second kappa shape index (κ2) is 5.59. The monoisotopic (exact) mass is 310 g/mol. The Morgan fingerprint density at radius 2 is 2.00 bits per heavy atom. The maximum atomic E-state index is 12.8. The first kappa shape index (κ1) is 14.6. The second-order valence-electron chi connectivity index (χ2n) is 7.24. The van der Waals surface area contributed by atoms with Gasteiger partial charge < -0.3 is 0 Å². The molecular formula is C19H22N2O2. The Labute approximate surface area is 136 Å². The molecule has 0 saturated heterocycles. The SMILES string of the molecule is CC1=NN(CC(=O)c2ccccc2)C(=O)C1[C@@H]1C[C@H]2CC[C@@H]1C2. The first-order valence-electron chi connectivity index (χ1n) is 8.58. The fraction of sp³-hybridized carbons (Fsp3) is 0.526. The molecule has 1 aromatic rings. The number of carbonyl (C=O) groups is 2. The molecule has 2 aliphatic carbocycles. The fourth-order valence-corrected chi connectivity index (χ4v) is 4.80. The molecule has 4 nitrogen and oxygen atoms in total. The summed E-state index contributed by atoms with van der Waals surface area (Å²) in [5.41, 5.74) is 1.53. The molecule has 1 aliphatic heterocycles. The smallest absolute Gasteiger partial charge is 0.252 e. The number of Topliss-reactive ketones (excluding diaryl/α,β-unsaturated/α-hetero) is 1. The van der Waals surface area contributed by atoms with E-state index in [1.54, 1.807) is 12.1 Å². The summed E-state index contributed by atoms with van der Waals surface area (Å²) in [5, 5.41) is 5.83. The van der Waals surface area contributed by atoms with Crippen LogP contribution < -0.4 is 0 Å². The van der Waals surface area contributed by atoms with Crippen molar-refractivity contribution in [3.8, 4) is 0 Å². The Kier molecular flexibility index (Phi) is 3.55. The molecule has 4 atom stereocenters. The molecule has 0 aromatic heterocycles. The third-order valence-corrected chi connectivity index (χ3v) is 5.86. The molecule has 2 bridgehead atoms. The maximum Gasteiger partial charge on any atom is 0.252 e. The third-order valence-electron chi connectivity index (χ3n) is 5.86. The van der Waals surface area contributed by atoms with Gasteiger partial charge in [0, 0.05) is 11.3 Å². The molecule has 3 aliphatic rings. The van der Waals surface area contributed by atoms with Crippen molar-refractivity contribution in [2.75, 3.05) is 6.54 Å². The van der Waals surface area contributed by atoms with Gasteiger partial charge in [0.15, 0.2) is 5.78 Å². The van der Waals surface area contributed by atoms with Crippen molar-refractivity contribution in [3.05, 3.63) is 35.9 Å². The average Bonchev–Trinajstić information content (AvgIpc) is 3.24. The molecule has 4 heteroatoms. The zero-order chi connectivity index (χ0) is 16.0. The van der Waals surface area contributed by atoms with E-state index >= 15 is 0 Å². The summed E-state index contributed by atoms with van der Waals surface area (Å²) in [6, 6.07) is 9.13. The molecule has 1 aromatic carbocycles. The van der Waals surface area contributed by atoms with E-state index < -0.39 is 0 Å². The molecule has 1 amide bonds. The highest BCUT2D eigenvalue weighted by molar-refractivity contribution is 6.09. The highest BCUT2D eigenvalue weighted by atomic mass is 16.2. The number of rotatable bonds is 4. The molecule has 0 radical (unpaired) electrons. The number of benzene rings is 1. The van der Waals surface area contributed by atoms with Crippen LogP contribution in [0.1, 0.15) is 43.0 Å². The van der Waals surface area contributed by atoms with Gasteiger partial charge in [0.05, 0.1) is 5.92 Å². The number of ketones is 1. The van der Waals surface area contributed by atoms with E-state index in [-0.39, 0.29) is 24.2 Å². The predicted molar refractivity (Wildman–Crippen MR) is 88.0 cm³/mol. The van der Waals surface area contributed by atoms with E-state index in [2.05, 4.69) is 5.10 Å². The molecule has 4 rings (SSSR count). The maximum absolute atomic E-state index is 12.8. The first-order chi connectivity index (χ1) is 11.1. The summed E-state index contributed by atoms with van der Waals surface area (Å²) >= 11 is 0. The molecule has 0 N–H and O–H groups in total. The van der Waals surface area contributed by atoms with Crippen LogP contribution in [0.15, 0.2) is 35.4 Å². The minimum atomic E-state index is -0.0890. The number of fused-ring (bicyclic) bond motifs is 2. The van der Waals surface area contributed by atoms with Crippen molar-refractivity contribution < 1.29 is 9.59 Å². The molecule has 1 heterocycles. The van der Waals surface area contributed by atoms with Crippen LogP contribution in [0.25, 0.3) is 0 Å². The number of carbonyl (C=O) groups excluding carboxylic acids is 2. The normalized spacial score (nSPS) is 32.5. The van der Waals surface area contributed by atoms with E-state index in [0.29, 0.717) is 17.4 Å². The topological polar surface area (TPSA) is 49.7 Å². The van der Waals surface area contributed by atoms with Crippen LogP contribution in [-0.4, -0.2) is 29.0 Å². The summed E-state index contributed by atoms with van der Waals surface area (Å²) in [6.45, 7) is 2.00. The molecule has 2 saturated carbocycles. The van der Waals surface area contributed by atoms with Crippen molar-refractivity contribution in [2.45, 2.75) is 32.6 Å². The van der Waals surface area contributed by atoms with E-state index in [4.69, 9.17) is 0 Å². The number of nitrogens with zero attached hydrogens (tertiary/aromatic N) is 2. The van der Waals surface area contributed by atoms with Gasteiger partial charge >= 0.3 is 0 Å². The van der Waals surface area contributed by atoms with Gasteiger partial charge in [-0.05, 0) is 43.9 Å². The van der Waals surface area contributed by atoms with Crippen LogP contribution in [0, 0.1) is 23.7 Å². The van der Waals surface area contributed by atoms with Gasteiger partial charge in [-0.1, -0.05) is 36.8 Å². The minimum absolute atomic E-state index is 0.0318. The van der Waals surface area contributed by atoms with Crippen LogP contribution in [0.3, 0.4) is 0 Å². The van der Waals surface area contributed by atoms with E-state index in [0.717, 1.165) is 18.1 Å². The Bertz CT molecular complexity index is 667. The Morgan fingerprint density at radius 3 is 2.65 bits per heavy atom. The standard InChI is InChI=1S/C19H22N2O2/c1-12-18(16-10-13-7-8-15(16)9-13)19(23)21(20-12)11-17(22)14-5-3-2-4-6-14/h2-6,13,15-16,18H,7-11H2,1H3/t13-,15+,16+,18?/m0/s1. The highest BCUT2D eigenvalue weighted by Gasteiger charge is 2.49. The number of amides is 1. The Hall–Kier alpha value is -1.97. The average molecular weight is 310 g/mol. The lowest BCUT2D eigenvalue weighted by Crippen LogP contribution is -2.36. The number of hydrogen-bond acceptors (Lipinski definition) is 3. The first-order valence-corrected chi connectivity index (χ1v) is 8.58. The molecule has 120 valence electrons. The van der Waals surface area contributed by atoms with Crippen molar-refractivity contribution in [1.29, 1.82) is 0 Å². The van der Waals surface area contributed by atoms with Gasteiger partial charge in [0.2, 0.25) is 0 Å². The van der Waals surface area contributed by atoms with Gasteiger partial charge in [-0.2, -0.15) is 5.10 Å². The van der Waals surface area contributed by atoms with E-state index in [1.807, 2.05) is 25.1 Å². The largest absolute Gasteiger partial charge is 0.292 e. The third kappa shape index (κ3) is 2.50. The van der Waals surface area contributed by atoms with E-state index in [1.165, 1.54) is 24.3 Å². The number of hydrogen-bond donors (Lipinski definition) is 0. The lowest BCUT2D eigenvalue weighted by molar-refractivity contribution is -0.133. The van der Waals surface area contributed by atoms with Gasteiger partial charge in [0.1, 0.15) is 6.54 Å². The van der Waals surface area contributed by atoms with E-state index in [9.17, 15) is 9.59 Å². The molecule has 23 heavy (non-hydrogen) atoms. The van der Waals surface area contributed by atoms with Crippen LogP contribution in [0.4, 0.5) is 0 Å². The minimum Gasteiger partial charge on any atom is -0.292 e. The summed E-state index contributed by atoms with van der Waals surface area (Å²) in [4.78, 5) is 25.2. The summed E-state index contributed by atoms with van der Waals surface area (Å²) in [5.74, 6) is 1.83. The molecule has 1 unspecified atom stereocenters. The zero-order valence-corrected chi connectivity index (χ0v) is 13.4. The molecule has 0 spiro atoms. The number of hydrazone groups is 1. The van der Waals surface area contributed by atoms with Crippen molar-refractivity contribution in [2.24, 2.45) is 28.8 Å². The zero-order valence-electron chi connectivity index (χ0n) is 13.4. The van der Waals surface area contributed by atoms with Crippen LogP contribution in [-0.2, 0) is 4.79 Å². The van der Waals surface area contributed by atoms with Crippen molar-refractivity contribution >= 4 is 17.4 Å².